The van der Waals surface area contributed by atoms with Crippen LogP contribution in [-0.2, 0) is 33.5 Å². The third kappa shape index (κ3) is 7.20. The summed E-state index contributed by atoms with van der Waals surface area (Å²) in [4.78, 5) is 68.9. The Hall–Kier alpha value is -1.86. The summed E-state index contributed by atoms with van der Waals surface area (Å²) in [5.41, 5.74) is 4.68. The third-order valence-corrected chi connectivity index (χ3v) is 7.20. The van der Waals surface area contributed by atoms with E-state index in [4.69, 9.17) is 10.5 Å². The molecule has 0 aliphatic carbocycles. The number of aromatic nitrogens is 1. The van der Waals surface area contributed by atoms with Crippen molar-refractivity contribution >= 4 is 63.6 Å². The smallest absolute Gasteiger partial charge is 0.546 e. The number of carboxylic acids is 2. The third-order valence-electron chi connectivity index (χ3n) is 5.27. The average Bonchev–Trinajstić information content (AvgIpc) is 3.45. The SMILES string of the molecule is Nc1nc(/C(=N/OCC(=O)[O-])C(=O)N[C@@H]2C(=O)N3C(C(=O)[O-])=C(OCC4CCC(=O)N4)CS[C@H]23)cs1.[Na+].[Na+]. The topological polar surface area (TPSA) is 228 Å². The van der Waals surface area contributed by atoms with Crippen molar-refractivity contribution in [2.75, 3.05) is 24.7 Å². The fourth-order valence-electron chi connectivity index (χ4n) is 3.65. The van der Waals surface area contributed by atoms with Crippen LogP contribution in [0.2, 0.25) is 0 Å². The number of hydrogen-bond acceptors (Lipinski definition) is 14. The van der Waals surface area contributed by atoms with Crippen molar-refractivity contribution < 1.29 is 103 Å². The van der Waals surface area contributed by atoms with Crippen LogP contribution in [0.25, 0.3) is 0 Å². The maximum Gasteiger partial charge on any atom is 1.00 e. The van der Waals surface area contributed by atoms with Crippen LogP contribution in [0.4, 0.5) is 5.13 Å². The number of carbonyl (C=O) groups is 5. The van der Waals surface area contributed by atoms with Crippen molar-refractivity contribution in [2.45, 2.75) is 30.3 Å². The number of thiazole rings is 1. The Balaban J connectivity index is 0.00000253. The number of rotatable bonds is 10. The molecule has 38 heavy (non-hydrogen) atoms. The van der Waals surface area contributed by atoms with Crippen molar-refractivity contribution in [2.24, 2.45) is 5.16 Å². The Kier molecular flexibility index (Phi) is 11.9. The van der Waals surface area contributed by atoms with E-state index in [1.165, 1.54) is 5.38 Å². The summed E-state index contributed by atoms with van der Waals surface area (Å²) in [7, 11) is 0. The zero-order valence-electron chi connectivity index (χ0n) is 20.3. The summed E-state index contributed by atoms with van der Waals surface area (Å²) in [6.07, 6.45) is 0.890. The number of anilines is 1. The fourth-order valence-corrected chi connectivity index (χ4v) is 5.48. The molecule has 4 heterocycles. The van der Waals surface area contributed by atoms with Gasteiger partial charge in [0.05, 0.1) is 23.7 Å². The minimum atomic E-state index is -1.63. The van der Waals surface area contributed by atoms with Crippen LogP contribution in [0.3, 0.4) is 0 Å². The van der Waals surface area contributed by atoms with E-state index in [0.29, 0.717) is 12.8 Å². The zero-order chi connectivity index (χ0) is 26.0. The van der Waals surface area contributed by atoms with Gasteiger partial charge in [0.25, 0.3) is 11.8 Å². The average molecular weight is 585 g/mol. The maximum absolute atomic E-state index is 12.9. The molecule has 2 saturated heterocycles. The number of thioether (sulfide) groups is 1. The van der Waals surface area contributed by atoms with Gasteiger partial charge in [-0.25, -0.2) is 4.98 Å². The number of carbonyl (C=O) groups excluding carboxylic acids is 5. The standard InChI is InChI=1S/C19H20N6O9S2.2Na/c20-19-22-8(5-36-19)12(24-34-4-11(27)28)15(29)23-13-16(30)25-14(18(31)32)9(6-35-17(13)25)33-3-7-1-2-10(26)21-7;;/h5,7,13,17H,1-4,6H2,(H2,20,22)(H,21,26)(H,23,29)(H,27,28)(H,31,32);;/q;2*+1/p-2/b24-12-;;/t7?,13-,17-;;/m1../s1. The molecule has 19 heteroatoms. The second kappa shape index (κ2) is 14.0. The van der Waals surface area contributed by atoms with Crippen LogP contribution in [-0.4, -0.2) is 81.7 Å². The minimum Gasteiger partial charge on any atom is -0.546 e. The molecule has 1 unspecified atom stereocenters. The summed E-state index contributed by atoms with van der Waals surface area (Å²) in [5, 5.41) is 31.8. The quantitative estimate of drug-likeness (QED) is 0.101. The van der Waals surface area contributed by atoms with Gasteiger partial charge in [-0.3, -0.25) is 19.3 Å². The van der Waals surface area contributed by atoms with Crippen LogP contribution in [0.1, 0.15) is 18.5 Å². The van der Waals surface area contributed by atoms with E-state index in [1.54, 1.807) is 0 Å². The van der Waals surface area contributed by atoms with Crippen LogP contribution < -0.4 is 85.7 Å². The molecule has 4 rings (SSSR count). The number of carboxylic acid groups (broad SMARTS) is 2. The molecular weight excluding hydrogens is 566 g/mol. The predicted molar refractivity (Wildman–Crippen MR) is 118 cm³/mol. The molecule has 3 amide bonds. The van der Waals surface area contributed by atoms with E-state index in [1.807, 2.05) is 0 Å². The number of amides is 3. The van der Waals surface area contributed by atoms with Gasteiger partial charge in [0.2, 0.25) is 5.91 Å². The first-order chi connectivity index (χ1) is 17.2. The molecule has 0 saturated carbocycles. The van der Waals surface area contributed by atoms with Gasteiger partial charge in [0, 0.05) is 11.8 Å². The number of hydrogen-bond donors (Lipinski definition) is 3. The molecule has 15 nitrogen and oxygen atoms in total. The number of β-lactam (4-membered cyclic amide) rings is 1. The van der Waals surface area contributed by atoms with Crippen LogP contribution >= 0.6 is 23.1 Å². The van der Waals surface area contributed by atoms with E-state index in [-0.39, 0.29) is 100 Å². The number of aliphatic carboxylic acids is 2. The van der Waals surface area contributed by atoms with Crippen molar-refractivity contribution in [3.05, 3.63) is 22.5 Å². The molecule has 3 aliphatic rings. The zero-order valence-corrected chi connectivity index (χ0v) is 25.9. The molecule has 4 N–H and O–H groups in total. The van der Waals surface area contributed by atoms with E-state index in [9.17, 15) is 34.2 Å². The Morgan fingerprint density at radius 3 is 2.61 bits per heavy atom. The summed E-state index contributed by atoms with van der Waals surface area (Å²) >= 11 is 2.14. The van der Waals surface area contributed by atoms with Crippen molar-refractivity contribution in [1.29, 1.82) is 0 Å². The molecule has 3 atom stereocenters. The molecule has 0 radical (unpaired) electrons. The first kappa shape index (κ1) is 32.4. The van der Waals surface area contributed by atoms with Crippen LogP contribution in [0, 0.1) is 0 Å². The van der Waals surface area contributed by atoms with Gasteiger partial charge < -0.3 is 45.7 Å². The Labute approximate surface area is 267 Å². The number of fused-ring (bicyclic) bond motifs is 1. The van der Waals surface area contributed by atoms with Crippen molar-refractivity contribution in [3.8, 4) is 0 Å². The summed E-state index contributed by atoms with van der Waals surface area (Å²) in [6.45, 7) is -0.897. The van der Waals surface area contributed by atoms with Gasteiger partial charge in [-0.1, -0.05) is 5.16 Å². The molecule has 1 aromatic rings. The van der Waals surface area contributed by atoms with E-state index in [0.717, 1.165) is 28.0 Å². The van der Waals surface area contributed by atoms with Gasteiger partial charge in [-0.2, -0.15) is 0 Å². The fraction of sp³-hybridized carbons (Fsp3) is 0.421. The summed E-state index contributed by atoms with van der Waals surface area (Å²) < 4.78 is 5.60. The molecule has 0 bridgehead atoms. The molecule has 0 aromatic carbocycles. The van der Waals surface area contributed by atoms with Crippen molar-refractivity contribution in [1.82, 2.24) is 20.5 Å². The Morgan fingerprint density at radius 1 is 1.29 bits per heavy atom. The normalized spacial score (nSPS) is 22.3. The van der Waals surface area contributed by atoms with E-state index < -0.39 is 53.2 Å². The predicted octanol–water partition coefficient (Wildman–Crippen LogP) is -10.1. The first-order valence-electron chi connectivity index (χ1n) is 10.4. The number of ether oxygens (including phenoxy) is 1. The number of oxime groups is 1. The Morgan fingerprint density at radius 2 is 2.03 bits per heavy atom. The number of nitrogens with one attached hydrogen (secondary N) is 2. The Bertz CT molecular complexity index is 1190. The number of nitrogen functional groups attached to an aromatic ring is 1. The molecule has 2 fully saturated rings. The first-order valence-corrected chi connectivity index (χ1v) is 12.3. The second-order valence-corrected chi connectivity index (χ2v) is 9.69. The molecular formula is C19H18N6Na2O9S2. The number of nitrogens with two attached hydrogens (primary N) is 1. The van der Waals surface area contributed by atoms with Crippen LogP contribution in [0.15, 0.2) is 22.0 Å². The van der Waals surface area contributed by atoms with E-state index in [2.05, 4.69) is 25.6 Å². The largest absolute Gasteiger partial charge is 1.00 e. The van der Waals surface area contributed by atoms with Gasteiger partial charge in [0.15, 0.2) is 17.5 Å². The monoisotopic (exact) mass is 584 g/mol. The summed E-state index contributed by atoms with van der Waals surface area (Å²) in [5.74, 6) is -4.89. The second-order valence-electron chi connectivity index (χ2n) is 7.69. The minimum absolute atomic E-state index is 0. The van der Waals surface area contributed by atoms with Crippen LogP contribution in [0.5, 0.6) is 0 Å². The maximum atomic E-state index is 12.9. The van der Waals surface area contributed by atoms with Crippen molar-refractivity contribution in [3.63, 3.8) is 0 Å². The summed E-state index contributed by atoms with van der Waals surface area (Å²) in [6, 6.07) is -1.40. The van der Waals surface area contributed by atoms with E-state index >= 15 is 0 Å². The van der Waals surface area contributed by atoms with Gasteiger partial charge >= 0.3 is 59.1 Å². The molecule has 1 aromatic heterocycles. The molecule has 192 valence electrons. The number of nitrogens with zero attached hydrogens (tertiary/aromatic N) is 3. The van der Waals surface area contributed by atoms with Gasteiger partial charge in [-0.15, -0.1) is 23.1 Å². The molecule has 0 spiro atoms. The molecule has 3 aliphatic heterocycles. The van der Waals surface area contributed by atoms with Gasteiger partial charge in [-0.05, 0) is 6.42 Å². The van der Waals surface area contributed by atoms with Gasteiger partial charge in [0.1, 0.15) is 35.2 Å².